The minimum absolute atomic E-state index is 0.0176. The van der Waals surface area contributed by atoms with E-state index in [-0.39, 0.29) is 37.8 Å². The van der Waals surface area contributed by atoms with Gasteiger partial charge in [-0.05, 0) is 41.5 Å². The number of fused-ring (bicyclic) bond motifs is 3. The Kier molecular flexibility index (Phi) is 6.67. The van der Waals surface area contributed by atoms with Gasteiger partial charge in [0.1, 0.15) is 6.61 Å². The maximum absolute atomic E-state index is 12.8. The van der Waals surface area contributed by atoms with Crippen molar-refractivity contribution >= 4 is 18.0 Å². The lowest BCUT2D eigenvalue weighted by molar-refractivity contribution is -0.138. The van der Waals surface area contributed by atoms with E-state index in [2.05, 4.69) is 29.6 Å². The van der Waals surface area contributed by atoms with Gasteiger partial charge in [0.15, 0.2) is 0 Å². The molecular formula is C26H30N2O5. The third-order valence-electron chi connectivity index (χ3n) is 6.50. The van der Waals surface area contributed by atoms with Crippen LogP contribution in [-0.2, 0) is 14.3 Å². The van der Waals surface area contributed by atoms with E-state index in [1.165, 1.54) is 11.1 Å². The lowest BCUT2D eigenvalue weighted by Crippen LogP contribution is -2.43. The molecule has 4 rings (SSSR count). The maximum atomic E-state index is 12.8. The van der Waals surface area contributed by atoms with Crippen LogP contribution in [0.4, 0.5) is 4.79 Å². The Labute approximate surface area is 193 Å². The molecule has 0 saturated heterocycles. The molecule has 33 heavy (non-hydrogen) atoms. The zero-order chi connectivity index (χ0) is 23.4. The fourth-order valence-electron chi connectivity index (χ4n) is 4.61. The van der Waals surface area contributed by atoms with E-state index >= 15 is 0 Å². The molecule has 7 nitrogen and oxygen atoms in total. The summed E-state index contributed by atoms with van der Waals surface area (Å²) in [5, 5.41) is 11.8. The summed E-state index contributed by atoms with van der Waals surface area (Å²) in [4.78, 5) is 37.9. The summed E-state index contributed by atoms with van der Waals surface area (Å²) in [6, 6.07) is 16.3. The zero-order valence-electron chi connectivity index (χ0n) is 18.9. The highest BCUT2D eigenvalue weighted by molar-refractivity contribution is 5.81. The van der Waals surface area contributed by atoms with Crippen molar-refractivity contribution in [2.45, 2.75) is 50.5 Å². The number of hydrogen-bond acceptors (Lipinski definition) is 4. The molecule has 0 aromatic heterocycles. The van der Waals surface area contributed by atoms with E-state index in [1.54, 1.807) is 4.90 Å². The molecule has 174 valence electrons. The van der Waals surface area contributed by atoms with Crippen molar-refractivity contribution in [2.24, 2.45) is 0 Å². The van der Waals surface area contributed by atoms with Gasteiger partial charge in [0.25, 0.3) is 0 Å². The third-order valence-corrected chi connectivity index (χ3v) is 6.50. The largest absolute Gasteiger partial charge is 0.481 e. The van der Waals surface area contributed by atoms with Crippen molar-refractivity contribution in [1.82, 2.24) is 10.2 Å². The van der Waals surface area contributed by atoms with Crippen LogP contribution in [0.5, 0.6) is 0 Å². The SMILES string of the molecule is CCCN(CCC(=O)O)C(=O)CC1(NC(=O)OCC2c3ccccc3-c3ccccc32)CC1. The van der Waals surface area contributed by atoms with Crippen LogP contribution in [-0.4, -0.2) is 53.2 Å². The molecule has 0 atom stereocenters. The highest BCUT2D eigenvalue weighted by Crippen LogP contribution is 2.44. The van der Waals surface area contributed by atoms with Gasteiger partial charge in [-0.3, -0.25) is 9.59 Å². The average molecular weight is 451 g/mol. The second kappa shape index (κ2) is 9.65. The van der Waals surface area contributed by atoms with E-state index in [0.717, 1.165) is 17.5 Å². The normalized spacial score (nSPS) is 15.3. The Morgan fingerprint density at radius 3 is 2.18 bits per heavy atom. The number of carboxylic acid groups (broad SMARTS) is 1. The Hall–Kier alpha value is -3.35. The first-order chi connectivity index (χ1) is 15.9. The molecule has 2 aromatic carbocycles. The number of amides is 2. The van der Waals surface area contributed by atoms with Gasteiger partial charge in [0.05, 0.1) is 18.4 Å². The molecule has 1 fully saturated rings. The van der Waals surface area contributed by atoms with Gasteiger partial charge in [-0.2, -0.15) is 0 Å². The fraction of sp³-hybridized carbons (Fsp3) is 0.423. The lowest BCUT2D eigenvalue weighted by Gasteiger charge is -2.25. The number of alkyl carbamates (subject to hydrolysis) is 1. The number of ether oxygens (including phenoxy) is 1. The van der Waals surface area contributed by atoms with Crippen molar-refractivity contribution < 1.29 is 24.2 Å². The van der Waals surface area contributed by atoms with E-state index in [1.807, 2.05) is 31.2 Å². The molecule has 0 spiro atoms. The minimum atomic E-state index is -0.929. The Morgan fingerprint density at radius 2 is 1.64 bits per heavy atom. The van der Waals surface area contributed by atoms with Gasteiger partial charge < -0.3 is 20.1 Å². The molecule has 0 heterocycles. The number of rotatable bonds is 10. The van der Waals surface area contributed by atoms with Crippen LogP contribution in [0.25, 0.3) is 11.1 Å². The van der Waals surface area contributed by atoms with Crippen LogP contribution < -0.4 is 5.32 Å². The number of hydrogen-bond donors (Lipinski definition) is 2. The number of carbonyl (C=O) groups excluding carboxylic acids is 2. The summed E-state index contributed by atoms with van der Waals surface area (Å²) < 4.78 is 5.63. The second-order valence-corrected chi connectivity index (χ2v) is 8.93. The van der Waals surface area contributed by atoms with Crippen molar-refractivity contribution in [1.29, 1.82) is 0 Å². The average Bonchev–Trinajstić information content (AvgIpc) is 3.47. The predicted octanol–water partition coefficient (Wildman–Crippen LogP) is 4.16. The Morgan fingerprint density at radius 1 is 1.03 bits per heavy atom. The van der Waals surface area contributed by atoms with Crippen LogP contribution in [0.2, 0.25) is 0 Å². The molecule has 0 aliphatic heterocycles. The Bertz CT molecular complexity index is 1000. The van der Waals surface area contributed by atoms with Crippen molar-refractivity contribution in [3.8, 4) is 11.1 Å². The number of nitrogens with one attached hydrogen (secondary N) is 1. The van der Waals surface area contributed by atoms with E-state index in [4.69, 9.17) is 9.84 Å². The highest BCUT2D eigenvalue weighted by Gasteiger charge is 2.47. The molecule has 0 radical (unpaired) electrons. The summed E-state index contributed by atoms with van der Waals surface area (Å²) in [5.74, 6) is -1.08. The highest BCUT2D eigenvalue weighted by atomic mass is 16.5. The number of nitrogens with zero attached hydrogens (tertiary/aromatic N) is 1. The fourth-order valence-corrected chi connectivity index (χ4v) is 4.61. The number of benzene rings is 2. The predicted molar refractivity (Wildman–Crippen MR) is 124 cm³/mol. The molecule has 2 N–H and O–H groups in total. The van der Waals surface area contributed by atoms with E-state index < -0.39 is 17.6 Å². The van der Waals surface area contributed by atoms with Gasteiger partial charge in [-0.1, -0.05) is 55.5 Å². The van der Waals surface area contributed by atoms with Crippen molar-refractivity contribution in [2.75, 3.05) is 19.7 Å². The van der Waals surface area contributed by atoms with Crippen LogP contribution in [0.15, 0.2) is 48.5 Å². The summed E-state index contributed by atoms with van der Waals surface area (Å²) in [6.45, 7) is 2.86. The smallest absolute Gasteiger partial charge is 0.407 e. The van der Waals surface area contributed by atoms with Crippen LogP contribution in [0.3, 0.4) is 0 Å². The zero-order valence-corrected chi connectivity index (χ0v) is 18.9. The van der Waals surface area contributed by atoms with Crippen LogP contribution in [0, 0.1) is 0 Å². The monoisotopic (exact) mass is 450 g/mol. The standard InChI is InChI=1S/C26H30N2O5/c1-2-14-28(15-11-24(30)31)23(29)16-26(12-13-26)27-25(32)33-17-22-20-9-5-3-7-18(20)19-8-4-6-10-21(19)22/h3-10,22H,2,11-17H2,1H3,(H,27,32)(H,30,31). The minimum Gasteiger partial charge on any atom is -0.481 e. The quantitative estimate of drug-likeness (QED) is 0.567. The first kappa shape index (κ1) is 22.8. The van der Waals surface area contributed by atoms with Crippen LogP contribution >= 0.6 is 0 Å². The molecule has 1 saturated carbocycles. The molecule has 2 aliphatic rings. The van der Waals surface area contributed by atoms with Crippen LogP contribution in [0.1, 0.15) is 56.1 Å². The van der Waals surface area contributed by atoms with Gasteiger partial charge in [-0.25, -0.2) is 4.79 Å². The van der Waals surface area contributed by atoms with Gasteiger partial charge in [-0.15, -0.1) is 0 Å². The Balaban J connectivity index is 1.34. The summed E-state index contributed by atoms with van der Waals surface area (Å²) in [6.07, 6.45) is 1.73. The topological polar surface area (TPSA) is 95.9 Å². The molecule has 0 bridgehead atoms. The summed E-state index contributed by atoms with van der Waals surface area (Å²) >= 11 is 0. The third kappa shape index (κ3) is 5.18. The van der Waals surface area contributed by atoms with E-state index in [0.29, 0.717) is 19.4 Å². The lowest BCUT2D eigenvalue weighted by atomic mass is 9.98. The van der Waals surface area contributed by atoms with Gasteiger partial charge in [0, 0.05) is 19.0 Å². The molecule has 7 heteroatoms. The molecular weight excluding hydrogens is 420 g/mol. The first-order valence-electron chi connectivity index (χ1n) is 11.6. The molecule has 2 amide bonds. The van der Waals surface area contributed by atoms with E-state index in [9.17, 15) is 14.4 Å². The number of carboxylic acids is 1. The molecule has 2 aromatic rings. The summed E-state index contributed by atoms with van der Waals surface area (Å²) in [7, 11) is 0. The first-order valence-corrected chi connectivity index (χ1v) is 11.6. The number of aliphatic carboxylic acids is 1. The van der Waals surface area contributed by atoms with Gasteiger partial charge >= 0.3 is 12.1 Å². The van der Waals surface area contributed by atoms with Crippen molar-refractivity contribution in [3.05, 3.63) is 59.7 Å². The maximum Gasteiger partial charge on any atom is 0.407 e. The molecule has 2 aliphatic carbocycles. The summed E-state index contributed by atoms with van der Waals surface area (Å²) in [5.41, 5.74) is 4.05. The molecule has 0 unspecified atom stereocenters. The van der Waals surface area contributed by atoms with Gasteiger partial charge in [0.2, 0.25) is 5.91 Å². The second-order valence-electron chi connectivity index (χ2n) is 8.93. The van der Waals surface area contributed by atoms with Crippen molar-refractivity contribution in [3.63, 3.8) is 0 Å². The number of carbonyl (C=O) groups is 3.